The monoisotopic (exact) mass is 536 g/mol. The van der Waals surface area contributed by atoms with E-state index in [0.29, 0.717) is 27.8 Å². The number of aryl methyl sites for hydroxylation is 2. The van der Waals surface area contributed by atoms with Crippen molar-refractivity contribution < 1.29 is 23.9 Å². The van der Waals surface area contributed by atoms with Crippen LogP contribution in [-0.4, -0.2) is 35.6 Å². The number of nitrogens with one attached hydrogen (secondary N) is 1. The van der Waals surface area contributed by atoms with Gasteiger partial charge in [0.05, 0.1) is 12.0 Å². The Morgan fingerprint density at radius 2 is 1.84 bits per heavy atom. The van der Waals surface area contributed by atoms with Crippen molar-refractivity contribution in [1.29, 1.82) is 0 Å². The van der Waals surface area contributed by atoms with Gasteiger partial charge < -0.3 is 14.8 Å². The SMILES string of the molecule is COc1cc(/C=C2/SC(=O)N(CC(=O)Nc3ccc(C)cc3C)C2=O)ccc1OCc1ccccc1Cl. The van der Waals surface area contributed by atoms with Gasteiger partial charge in [-0.25, -0.2) is 0 Å². The van der Waals surface area contributed by atoms with E-state index in [1.165, 1.54) is 7.11 Å². The van der Waals surface area contributed by atoms with E-state index in [2.05, 4.69) is 5.32 Å². The number of imide groups is 1. The number of hydrogen-bond acceptors (Lipinski definition) is 6. The fourth-order valence-corrected chi connectivity index (χ4v) is 4.77. The highest BCUT2D eigenvalue weighted by Gasteiger charge is 2.36. The summed E-state index contributed by atoms with van der Waals surface area (Å²) < 4.78 is 11.3. The Balaban J connectivity index is 1.43. The molecule has 0 unspecified atom stereocenters. The van der Waals surface area contributed by atoms with Gasteiger partial charge in [-0.3, -0.25) is 19.3 Å². The van der Waals surface area contributed by atoms with Crippen molar-refractivity contribution in [3.8, 4) is 11.5 Å². The number of anilines is 1. The van der Waals surface area contributed by atoms with Crippen LogP contribution < -0.4 is 14.8 Å². The van der Waals surface area contributed by atoms with Crippen molar-refractivity contribution >= 4 is 52.2 Å². The molecule has 0 atom stereocenters. The molecule has 3 amide bonds. The lowest BCUT2D eigenvalue weighted by atomic mass is 10.1. The summed E-state index contributed by atoms with van der Waals surface area (Å²) in [5.41, 5.74) is 4.10. The smallest absolute Gasteiger partial charge is 0.294 e. The molecule has 37 heavy (non-hydrogen) atoms. The van der Waals surface area contributed by atoms with Crippen LogP contribution in [0.4, 0.5) is 10.5 Å². The van der Waals surface area contributed by atoms with Crippen LogP contribution in [0.2, 0.25) is 5.02 Å². The Hall–Kier alpha value is -3.75. The van der Waals surface area contributed by atoms with Gasteiger partial charge in [-0.15, -0.1) is 0 Å². The Kier molecular flexibility index (Phi) is 8.21. The van der Waals surface area contributed by atoms with E-state index in [1.807, 2.05) is 44.2 Å². The molecule has 0 aliphatic carbocycles. The number of carbonyl (C=O) groups is 3. The number of ether oxygens (including phenoxy) is 2. The highest BCUT2D eigenvalue weighted by molar-refractivity contribution is 8.18. The fraction of sp³-hybridized carbons (Fsp3) is 0.179. The van der Waals surface area contributed by atoms with Crippen LogP contribution in [-0.2, 0) is 16.2 Å². The molecule has 1 fully saturated rings. The van der Waals surface area contributed by atoms with Crippen LogP contribution >= 0.6 is 23.4 Å². The summed E-state index contributed by atoms with van der Waals surface area (Å²) in [6.07, 6.45) is 1.59. The van der Waals surface area contributed by atoms with Gasteiger partial charge in [-0.2, -0.15) is 0 Å². The number of benzene rings is 3. The molecule has 1 heterocycles. The first kappa shape index (κ1) is 26.3. The normalized spacial score (nSPS) is 14.3. The lowest BCUT2D eigenvalue weighted by molar-refractivity contribution is -0.127. The van der Waals surface area contributed by atoms with Crippen molar-refractivity contribution in [3.63, 3.8) is 0 Å². The largest absolute Gasteiger partial charge is 0.493 e. The van der Waals surface area contributed by atoms with Gasteiger partial charge >= 0.3 is 0 Å². The minimum Gasteiger partial charge on any atom is -0.493 e. The van der Waals surface area contributed by atoms with Crippen molar-refractivity contribution in [2.24, 2.45) is 0 Å². The summed E-state index contributed by atoms with van der Waals surface area (Å²) in [6.45, 7) is 3.74. The zero-order valence-electron chi connectivity index (χ0n) is 20.5. The van der Waals surface area contributed by atoms with E-state index < -0.39 is 17.1 Å². The molecule has 7 nitrogen and oxygen atoms in total. The first-order valence-electron chi connectivity index (χ1n) is 11.4. The number of methoxy groups -OCH3 is 1. The average molecular weight is 537 g/mol. The molecule has 1 aliphatic rings. The summed E-state index contributed by atoms with van der Waals surface area (Å²) in [6, 6.07) is 18.2. The quantitative estimate of drug-likeness (QED) is 0.344. The zero-order valence-corrected chi connectivity index (χ0v) is 22.1. The molecule has 9 heteroatoms. The molecule has 4 rings (SSSR count). The molecule has 190 valence electrons. The van der Waals surface area contributed by atoms with Gasteiger partial charge in [0.25, 0.3) is 11.1 Å². The van der Waals surface area contributed by atoms with Crippen molar-refractivity contribution in [1.82, 2.24) is 4.90 Å². The molecule has 0 saturated carbocycles. The van der Waals surface area contributed by atoms with Gasteiger partial charge in [0, 0.05) is 16.3 Å². The van der Waals surface area contributed by atoms with Crippen LogP contribution in [0.15, 0.2) is 65.6 Å². The third-order valence-corrected chi connectivity index (χ3v) is 6.93. The average Bonchev–Trinajstić information content (AvgIpc) is 3.13. The van der Waals surface area contributed by atoms with Crippen molar-refractivity contribution in [3.05, 3.63) is 92.8 Å². The third-order valence-electron chi connectivity index (χ3n) is 5.66. The van der Waals surface area contributed by atoms with Crippen LogP contribution in [0, 0.1) is 13.8 Å². The van der Waals surface area contributed by atoms with E-state index in [-0.39, 0.29) is 18.1 Å². The molecular weight excluding hydrogens is 512 g/mol. The first-order chi connectivity index (χ1) is 17.7. The van der Waals surface area contributed by atoms with Crippen LogP contribution in [0.25, 0.3) is 6.08 Å². The van der Waals surface area contributed by atoms with E-state index in [1.54, 1.807) is 36.4 Å². The maximum atomic E-state index is 12.9. The zero-order chi connectivity index (χ0) is 26.5. The van der Waals surface area contributed by atoms with Crippen molar-refractivity contribution in [2.75, 3.05) is 19.0 Å². The minimum atomic E-state index is -0.524. The molecule has 3 aromatic carbocycles. The molecule has 0 radical (unpaired) electrons. The van der Waals surface area contributed by atoms with Crippen LogP contribution in [0.3, 0.4) is 0 Å². The number of nitrogens with zero attached hydrogens (tertiary/aromatic N) is 1. The molecule has 0 aromatic heterocycles. The molecule has 0 spiro atoms. The summed E-state index contributed by atoms with van der Waals surface area (Å²) in [5.74, 6) is 0.00427. The number of rotatable bonds is 8. The fourth-order valence-electron chi connectivity index (χ4n) is 3.74. The Labute approximate surface area is 224 Å². The second-order valence-corrected chi connectivity index (χ2v) is 9.83. The van der Waals surface area contributed by atoms with Gasteiger partial charge in [0.2, 0.25) is 5.91 Å². The van der Waals surface area contributed by atoms with E-state index >= 15 is 0 Å². The summed E-state index contributed by atoms with van der Waals surface area (Å²) in [7, 11) is 1.52. The second-order valence-electron chi connectivity index (χ2n) is 8.42. The summed E-state index contributed by atoms with van der Waals surface area (Å²) in [5, 5.41) is 2.87. The molecule has 1 saturated heterocycles. The lowest BCUT2D eigenvalue weighted by Gasteiger charge is -2.14. The molecule has 0 bridgehead atoms. The molecule has 1 N–H and O–H groups in total. The number of halogens is 1. The molecule has 1 aliphatic heterocycles. The van der Waals surface area contributed by atoms with E-state index in [9.17, 15) is 14.4 Å². The maximum Gasteiger partial charge on any atom is 0.294 e. The molecular formula is C28H25ClN2O5S. The predicted octanol–water partition coefficient (Wildman–Crippen LogP) is 6.22. The Morgan fingerprint density at radius 3 is 2.57 bits per heavy atom. The van der Waals surface area contributed by atoms with E-state index in [0.717, 1.165) is 33.4 Å². The third kappa shape index (κ3) is 6.34. The Morgan fingerprint density at radius 1 is 1.05 bits per heavy atom. The van der Waals surface area contributed by atoms with E-state index in [4.69, 9.17) is 21.1 Å². The Bertz CT molecular complexity index is 1410. The van der Waals surface area contributed by atoms with Gasteiger partial charge in [-0.1, -0.05) is 53.6 Å². The minimum absolute atomic E-state index is 0.219. The topological polar surface area (TPSA) is 84.9 Å². The number of hydrogen-bond donors (Lipinski definition) is 1. The number of amides is 3. The maximum absolute atomic E-state index is 12.9. The number of carbonyl (C=O) groups excluding carboxylic acids is 3. The van der Waals surface area contributed by atoms with Crippen LogP contribution in [0.1, 0.15) is 22.3 Å². The predicted molar refractivity (Wildman–Crippen MR) is 146 cm³/mol. The molecule has 3 aromatic rings. The highest BCUT2D eigenvalue weighted by atomic mass is 35.5. The number of thioether (sulfide) groups is 1. The van der Waals surface area contributed by atoms with Crippen LogP contribution in [0.5, 0.6) is 11.5 Å². The van der Waals surface area contributed by atoms with Gasteiger partial charge in [0.15, 0.2) is 11.5 Å². The summed E-state index contributed by atoms with van der Waals surface area (Å²) >= 11 is 6.99. The summed E-state index contributed by atoms with van der Waals surface area (Å²) in [4.78, 5) is 39.1. The standard InChI is InChI=1S/C28H25ClN2O5S/c1-17-8-10-22(18(2)12-17)30-26(32)15-31-27(33)25(37-28(31)34)14-19-9-11-23(24(13-19)35-3)36-16-20-6-4-5-7-21(20)29/h4-14H,15-16H2,1-3H3,(H,30,32)/b25-14+. The highest BCUT2D eigenvalue weighted by Crippen LogP contribution is 2.35. The van der Waals surface area contributed by atoms with Crippen molar-refractivity contribution in [2.45, 2.75) is 20.5 Å². The van der Waals surface area contributed by atoms with Gasteiger partial charge in [0.1, 0.15) is 13.2 Å². The second kappa shape index (κ2) is 11.5. The first-order valence-corrected chi connectivity index (χ1v) is 12.6. The lowest BCUT2D eigenvalue weighted by Crippen LogP contribution is -2.36. The van der Waals surface area contributed by atoms with Gasteiger partial charge in [-0.05, 0) is 67.1 Å².